The van der Waals surface area contributed by atoms with Crippen molar-refractivity contribution in [2.45, 2.75) is 382 Å². The molecule has 0 fully saturated rings. The lowest BCUT2D eigenvalue weighted by Crippen LogP contribution is -2.30. The van der Waals surface area contributed by atoms with Crippen LogP contribution in [0.5, 0.6) is 0 Å². The van der Waals surface area contributed by atoms with Crippen LogP contribution in [-0.4, -0.2) is 96.7 Å². The summed E-state index contributed by atoms with van der Waals surface area (Å²) in [6.07, 6.45) is 46.0. The van der Waals surface area contributed by atoms with E-state index in [1.807, 2.05) is 0 Å². The van der Waals surface area contributed by atoms with Gasteiger partial charge in [-0.25, -0.2) is 9.13 Å². The Hall–Kier alpha value is -1.94. The summed E-state index contributed by atoms with van der Waals surface area (Å²) in [5, 5.41) is 10.6. The van der Waals surface area contributed by atoms with Crippen LogP contribution in [0.1, 0.15) is 364 Å². The Morgan fingerprint density at radius 2 is 0.522 bits per heavy atom. The van der Waals surface area contributed by atoms with Gasteiger partial charge < -0.3 is 33.8 Å². The molecule has 0 saturated heterocycles. The fraction of sp³-hybridized carbons (Fsp3) is 0.945. The number of esters is 4. The minimum absolute atomic E-state index is 0.105. The molecule has 3 N–H and O–H groups in total. The number of aliphatic hydroxyl groups is 1. The molecule has 3 unspecified atom stereocenters. The fourth-order valence-electron chi connectivity index (χ4n) is 11.0. The minimum Gasteiger partial charge on any atom is -0.462 e. The van der Waals surface area contributed by atoms with Gasteiger partial charge in [0.1, 0.15) is 19.3 Å². The van der Waals surface area contributed by atoms with E-state index in [1.54, 1.807) is 0 Å². The summed E-state index contributed by atoms with van der Waals surface area (Å²) in [6.45, 7) is 14.1. The van der Waals surface area contributed by atoms with Gasteiger partial charge in [-0.3, -0.25) is 37.3 Å². The first-order valence-corrected chi connectivity index (χ1v) is 40.7. The van der Waals surface area contributed by atoms with Crippen LogP contribution in [0.15, 0.2) is 0 Å². The van der Waals surface area contributed by atoms with E-state index in [0.717, 1.165) is 115 Å². The van der Waals surface area contributed by atoms with Gasteiger partial charge in [0, 0.05) is 25.7 Å². The molecule has 92 heavy (non-hydrogen) atoms. The third-order valence-electron chi connectivity index (χ3n) is 17.2. The highest BCUT2D eigenvalue weighted by molar-refractivity contribution is 7.47. The maximum absolute atomic E-state index is 13.0. The first-order chi connectivity index (χ1) is 44.1. The second kappa shape index (κ2) is 62.6. The number of phosphoric ester groups is 2. The van der Waals surface area contributed by atoms with E-state index in [2.05, 4.69) is 55.4 Å². The van der Waals surface area contributed by atoms with E-state index < -0.39 is 97.5 Å². The van der Waals surface area contributed by atoms with Gasteiger partial charge in [0.05, 0.1) is 26.4 Å². The van der Waals surface area contributed by atoms with Crippen molar-refractivity contribution < 1.29 is 80.2 Å². The summed E-state index contributed by atoms with van der Waals surface area (Å²) in [5.41, 5.74) is 0. The van der Waals surface area contributed by atoms with Gasteiger partial charge >= 0.3 is 39.5 Å². The number of unbranched alkanes of at least 4 members (excludes halogenated alkanes) is 35. The summed E-state index contributed by atoms with van der Waals surface area (Å²) in [5.74, 6) is 0.879. The second-order valence-corrected chi connectivity index (χ2v) is 30.9. The summed E-state index contributed by atoms with van der Waals surface area (Å²) < 4.78 is 68.3. The van der Waals surface area contributed by atoms with Crippen LogP contribution in [0.4, 0.5) is 0 Å². The molecule has 546 valence electrons. The Labute approximate surface area is 562 Å². The number of ether oxygens (including phenoxy) is 4. The second-order valence-electron chi connectivity index (χ2n) is 28.0. The minimum atomic E-state index is -4.95. The zero-order chi connectivity index (χ0) is 68.2. The lowest BCUT2D eigenvalue weighted by Gasteiger charge is -2.21. The van der Waals surface area contributed by atoms with E-state index in [-0.39, 0.29) is 25.7 Å². The molecule has 0 saturated carbocycles. The number of aliphatic hydroxyl groups excluding tert-OH is 1. The summed E-state index contributed by atoms with van der Waals surface area (Å²) >= 11 is 0. The van der Waals surface area contributed by atoms with Gasteiger partial charge in [-0.1, -0.05) is 312 Å². The lowest BCUT2D eigenvalue weighted by molar-refractivity contribution is -0.161. The number of carbonyl (C=O) groups is 4. The van der Waals surface area contributed by atoms with Crippen LogP contribution in [0, 0.1) is 23.7 Å². The summed E-state index contributed by atoms with van der Waals surface area (Å²) in [6, 6.07) is 0. The van der Waals surface area contributed by atoms with Crippen LogP contribution in [-0.2, 0) is 65.4 Å². The maximum atomic E-state index is 13.0. The molecule has 0 aliphatic carbocycles. The van der Waals surface area contributed by atoms with Crippen molar-refractivity contribution >= 4 is 39.5 Å². The molecule has 0 bridgehead atoms. The Kier molecular flexibility index (Phi) is 61.3. The number of hydrogen-bond donors (Lipinski definition) is 3. The number of hydrogen-bond acceptors (Lipinski definition) is 15. The third-order valence-corrected chi connectivity index (χ3v) is 19.1. The van der Waals surface area contributed by atoms with Crippen molar-refractivity contribution in [3.05, 3.63) is 0 Å². The Balaban J connectivity index is 5.21. The van der Waals surface area contributed by atoms with Gasteiger partial charge in [0.15, 0.2) is 12.2 Å². The van der Waals surface area contributed by atoms with Crippen LogP contribution in [0.25, 0.3) is 0 Å². The molecule has 0 radical (unpaired) electrons. The monoisotopic (exact) mass is 1350 g/mol. The highest BCUT2D eigenvalue weighted by Crippen LogP contribution is 2.45. The van der Waals surface area contributed by atoms with Crippen LogP contribution in [0.3, 0.4) is 0 Å². The Bertz CT molecular complexity index is 1820. The third kappa shape index (κ3) is 65.4. The largest absolute Gasteiger partial charge is 0.472 e. The molecule has 0 heterocycles. The molecule has 0 rings (SSSR count). The quantitative estimate of drug-likeness (QED) is 0.0222. The Morgan fingerprint density at radius 1 is 0.304 bits per heavy atom. The Morgan fingerprint density at radius 3 is 0.772 bits per heavy atom. The predicted octanol–water partition coefficient (Wildman–Crippen LogP) is 20.9. The van der Waals surface area contributed by atoms with Crippen molar-refractivity contribution in [1.82, 2.24) is 0 Å². The molecule has 0 aliphatic rings. The van der Waals surface area contributed by atoms with Crippen LogP contribution >= 0.6 is 15.6 Å². The lowest BCUT2D eigenvalue weighted by atomic mass is 9.99. The molecule has 17 nitrogen and oxygen atoms in total. The molecule has 0 aromatic rings. The molecule has 19 heteroatoms. The average molecular weight is 1350 g/mol. The van der Waals surface area contributed by atoms with Crippen LogP contribution in [0.2, 0.25) is 0 Å². The van der Waals surface area contributed by atoms with E-state index in [0.29, 0.717) is 37.5 Å². The smallest absolute Gasteiger partial charge is 0.462 e. The number of rotatable bonds is 70. The molecular formula is C73H142O17P2. The standard InChI is InChI=1S/C73H142O17P2/c1-9-66(8)52-44-36-27-21-17-12-10-11-13-18-22-28-39-47-55-72(77)89-68(59-83-70(75)53-45-37-30-24-26-34-42-50-64(4)5)61-87-91(79,80)85-57-67(74)58-86-92(81,82)88-62-69(60-84-71(76)54-46-38-32-31-35-43-51-65(6)7)90-73(78)56-48-40-29-23-19-15-14-16-20-25-33-41-49-63(2)3/h63-69,74H,9-62H2,1-8H3,(H,79,80)(H,81,82)/t66?,67-,68-,69-/m1/s1. The topological polar surface area (TPSA) is 237 Å². The van der Waals surface area contributed by atoms with Gasteiger partial charge in [-0.05, 0) is 49.4 Å². The summed E-state index contributed by atoms with van der Waals surface area (Å²) in [4.78, 5) is 72.6. The number of carbonyl (C=O) groups excluding carboxylic acids is 4. The number of phosphoric acid groups is 2. The molecule has 6 atom stereocenters. The molecule has 0 aromatic heterocycles. The molecular weight excluding hydrogens is 1210 g/mol. The van der Waals surface area contributed by atoms with E-state index in [4.69, 9.17) is 37.0 Å². The molecule has 0 aliphatic heterocycles. The molecule has 0 amide bonds. The van der Waals surface area contributed by atoms with Gasteiger partial charge in [-0.2, -0.15) is 0 Å². The maximum Gasteiger partial charge on any atom is 0.472 e. The van der Waals surface area contributed by atoms with Gasteiger partial charge in [0.2, 0.25) is 0 Å². The van der Waals surface area contributed by atoms with E-state index in [1.165, 1.54) is 154 Å². The van der Waals surface area contributed by atoms with Crippen molar-refractivity contribution in [1.29, 1.82) is 0 Å². The van der Waals surface area contributed by atoms with Crippen LogP contribution < -0.4 is 0 Å². The molecule has 0 spiro atoms. The normalized spacial score (nSPS) is 14.5. The zero-order valence-corrected chi connectivity index (χ0v) is 62.0. The van der Waals surface area contributed by atoms with E-state index >= 15 is 0 Å². The van der Waals surface area contributed by atoms with Gasteiger partial charge in [0.25, 0.3) is 0 Å². The van der Waals surface area contributed by atoms with Crippen molar-refractivity contribution in [2.75, 3.05) is 39.6 Å². The molecule has 0 aromatic carbocycles. The first-order valence-electron chi connectivity index (χ1n) is 37.7. The first kappa shape index (κ1) is 90.1. The van der Waals surface area contributed by atoms with Crippen molar-refractivity contribution in [2.24, 2.45) is 23.7 Å². The van der Waals surface area contributed by atoms with Crippen molar-refractivity contribution in [3.8, 4) is 0 Å². The average Bonchev–Trinajstić information content (AvgIpc) is 1.56. The van der Waals surface area contributed by atoms with Gasteiger partial charge in [-0.15, -0.1) is 0 Å². The summed E-state index contributed by atoms with van der Waals surface area (Å²) in [7, 11) is -9.91. The fourth-order valence-corrected chi connectivity index (χ4v) is 12.6. The van der Waals surface area contributed by atoms with E-state index in [9.17, 15) is 43.2 Å². The SMILES string of the molecule is CCC(C)CCCCCCCCCCCCCCCCC(=O)O[C@H](COC(=O)CCCCCCCCCC(C)C)COP(=O)(O)OC[C@@H](O)COP(=O)(O)OC[C@@H](COC(=O)CCCCCCCCC(C)C)OC(=O)CCCCCCCCCCCCCCC(C)C. The predicted molar refractivity (Wildman–Crippen MR) is 372 cm³/mol. The van der Waals surface area contributed by atoms with Crippen molar-refractivity contribution in [3.63, 3.8) is 0 Å². The highest BCUT2D eigenvalue weighted by Gasteiger charge is 2.30. The zero-order valence-electron chi connectivity index (χ0n) is 60.2. The highest BCUT2D eigenvalue weighted by atomic mass is 31.2.